The summed E-state index contributed by atoms with van der Waals surface area (Å²) in [5.74, 6) is -0.813. The first-order chi connectivity index (χ1) is 44.4. The summed E-state index contributed by atoms with van der Waals surface area (Å²) in [5.41, 5.74) is 6.52. The van der Waals surface area contributed by atoms with Gasteiger partial charge in [0.2, 0.25) is 11.6 Å². The number of allylic oxidation sites excluding steroid dienone is 6. The molecule has 0 fully saturated rings. The summed E-state index contributed by atoms with van der Waals surface area (Å²) in [5, 5.41) is 12.1. The Balaban J connectivity index is 0.00000297. The Morgan fingerprint density at radius 2 is 1.04 bits per heavy atom. The molecule has 0 spiro atoms. The highest BCUT2D eigenvalue weighted by Crippen LogP contribution is 2.48. The molecule has 2 aliphatic rings. The van der Waals surface area contributed by atoms with Crippen LogP contribution in [0.5, 0.6) is 0 Å². The van der Waals surface area contributed by atoms with Crippen molar-refractivity contribution >= 4 is 39.1 Å². The number of rotatable bonds is 55. The summed E-state index contributed by atoms with van der Waals surface area (Å²) in [7, 11) is -3.02. The minimum Gasteiger partial charge on any atom is -0.744 e. The van der Waals surface area contributed by atoms with Crippen LogP contribution in [0, 0.1) is 6.92 Å². The molecule has 23 heteroatoms. The summed E-state index contributed by atoms with van der Waals surface area (Å²) in [4.78, 5) is 27.5. The number of quaternary nitrogens is 1. The minimum absolute atomic E-state index is 0.0427. The van der Waals surface area contributed by atoms with E-state index in [4.69, 9.17) is 61.9 Å². The van der Waals surface area contributed by atoms with Crippen LogP contribution in [0.3, 0.4) is 0 Å². The van der Waals surface area contributed by atoms with Crippen LogP contribution in [-0.2, 0) is 87.4 Å². The number of hydrogen-bond donors (Lipinski definition) is 3. The van der Waals surface area contributed by atoms with E-state index in [1.807, 2.05) is 32.1 Å². The second-order valence-electron chi connectivity index (χ2n) is 23.3. The average Bonchev–Trinajstić information content (AvgIpc) is 1.61. The Morgan fingerprint density at radius 1 is 0.576 bits per heavy atom. The number of amides is 1. The first kappa shape index (κ1) is 81.7. The number of hydrogen-bond acceptors (Lipinski definition) is 18. The fraction of sp³-hybridized carbons (Fsp3) is 0.696. The number of anilines is 1. The van der Waals surface area contributed by atoms with Crippen LogP contribution in [0.4, 0.5) is 11.4 Å². The van der Waals surface area contributed by atoms with Gasteiger partial charge in [0.1, 0.15) is 16.7 Å². The Morgan fingerprint density at radius 3 is 1.50 bits per heavy atom. The third-order valence-electron chi connectivity index (χ3n) is 15.7. The lowest BCUT2D eigenvalue weighted by Crippen LogP contribution is -3.11. The molecular weight excluding hydrogens is 1200 g/mol. The van der Waals surface area contributed by atoms with Gasteiger partial charge in [-0.1, -0.05) is 56.2 Å². The largest absolute Gasteiger partial charge is 0.744 e. The lowest BCUT2D eigenvalue weighted by Gasteiger charge is -2.27. The number of carbonyl (C=O) groups excluding carboxylic acids is 1. The number of nitrogens with zero attached hydrogens (tertiary/aromatic N) is 2. The zero-order valence-electron chi connectivity index (χ0n) is 57.2. The van der Waals surface area contributed by atoms with Crippen molar-refractivity contribution < 1.29 is 94.0 Å². The van der Waals surface area contributed by atoms with E-state index < -0.39 is 21.5 Å². The number of methoxy groups -OCH3 is 1. The molecule has 2 aromatic carbocycles. The Bertz CT molecular complexity index is 2570. The number of carboxylic acid groups (broad SMARTS) is 1. The molecule has 0 unspecified atom stereocenters. The molecule has 92 heavy (non-hydrogen) atoms. The Hall–Kier alpha value is -4.54. The molecule has 0 aliphatic carbocycles. The first-order valence-corrected chi connectivity index (χ1v) is 34.7. The number of nitrogens with one attached hydrogen (secondary N) is 2. The third kappa shape index (κ3) is 33.2. The van der Waals surface area contributed by atoms with Crippen molar-refractivity contribution in [2.75, 3.05) is 203 Å². The van der Waals surface area contributed by atoms with E-state index in [-0.39, 0.29) is 22.6 Å². The van der Waals surface area contributed by atoms with Crippen LogP contribution in [-0.4, -0.2) is 239 Å². The molecule has 0 saturated carbocycles. The van der Waals surface area contributed by atoms with Gasteiger partial charge in [-0.3, -0.25) is 9.59 Å². The summed E-state index contributed by atoms with van der Waals surface area (Å²) in [6, 6.07) is 11.2. The van der Waals surface area contributed by atoms with Crippen LogP contribution >= 0.6 is 0 Å². The van der Waals surface area contributed by atoms with Crippen molar-refractivity contribution in [3.8, 4) is 0 Å². The highest BCUT2D eigenvalue weighted by atomic mass is 32.2. The molecule has 4 rings (SSSR count). The average molecular weight is 1320 g/mol. The molecule has 0 saturated heterocycles. The number of aliphatic carboxylic acids is 1. The lowest BCUT2D eigenvalue weighted by atomic mass is 9.81. The maximum absolute atomic E-state index is 12.7. The van der Waals surface area contributed by atoms with Crippen molar-refractivity contribution in [2.45, 2.75) is 122 Å². The van der Waals surface area contributed by atoms with E-state index in [1.54, 1.807) is 18.1 Å². The molecule has 2 aliphatic heterocycles. The zero-order valence-corrected chi connectivity index (χ0v) is 58.0. The van der Waals surface area contributed by atoms with Gasteiger partial charge in [0.15, 0.2) is 5.71 Å². The zero-order chi connectivity index (χ0) is 67.1. The monoisotopic (exact) mass is 1320 g/mol. The van der Waals surface area contributed by atoms with Crippen LogP contribution in [0.2, 0.25) is 0 Å². The minimum atomic E-state index is -4.66. The van der Waals surface area contributed by atoms with Crippen LogP contribution in [0.25, 0.3) is 0 Å². The maximum Gasteiger partial charge on any atom is 0.303 e. The van der Waals surface area contributed by atoms with Crippen LogP contribution < -0.4 is 15.1 Å². The second-order valence-corrected chi connectivity index (χ2v) is 24.7. The van der Waals surface area contributed by atoms with Crippen molar-refractivity contribution in [1.29, 1.82) is 0 Å². The van der Waals surface area contributed by atoms with Gasteiger partial charge in [0, 0.05) is 74.0 Å². The molecule has 0 bridgehead atoms. The fourth-order valence-corrected chi connectivity index (χ4v) is 10.9. The van der Waals surface area contributed by atoms with E-state index in [0.717, 1.165) is 54.9 Å². The molecule has 524 valence electrons. The summed E-state index contributed by atoms with van der Waals surface area (Å²) < 4.78 is 104. The number of ether oxygens (including phenoxy) is 12. The molecule has 22 nitrogen and oxygen atoms in total. The van der Waals surface area contributed by atoms with Gasteiger partial charge < -0.3 is 81.6 Å². The highest BCUT2D eigenvalue weighted by Gasteiger charge is 2.45. The Kier molecular flexibility index (Phi) is 43.6. The molecule has 2 aromatic rings. The number of benzene rings is 2. The topological polar surface area (TPSA) is 245 Å². The van der Waals surface area contributed by atoms with E-state index in [0.29, 0.717) is 184 Å². The van der Waals surface area contributed by atoms with Gasteiger partial charge in [0.05, 0.1) is 182 Å². The van der Waals surface area contributed by atoms with Gasteiger partial charge in [-0.15, -0.1) is 0 Å². The molecular formula is C69H115N4O18S+. The van der Waals surface area contributed by atoms with Crippen molar-refractivity contribution in [3.05, 3.63) is 89.2 Å². The van der Waals surface area contributed by atoms with Crippen molar-refractivity contribution in [1.82, 2.24) is 5.32 Å². The maximum atomic E-state index is 12.7. The molecule has 0 atom stereocenters. The summed E-state index contributed by atoms with van der Waals surface area (Å²) in [6.07, 6.45) is 15.4. The second kappa shape index (κ2) is 49.1. The fourth-order valence-electron chi connectivity index (χ4n) is 10.4. The van der Waals surface area contributed by atoms with Gasteiger partial charge >= 0.3 is 5.97 Å². The predicted molar refractivity (Wildman–Crippen MR) is 356 cm³/mol. The van der Waals surface area contributed by atoms with Crippen molar-refractivity contribution in [2.24, 2.45) is 0 Å². The van der Waals surface area contributed by atoms with Crippen molar-refractivity contribution in [3.63, 3.8) is 0 Å². The SMILES string of the molecule is CC[NH+](CC)CC.COCCOCCOCCOCCOCCOCCOCCOCCOCCOCCOCCOCCNC(=O)CCCCC[N+]1=C(C=CC=CC=C2N(CCCCCC(=O)O)c3ccc(C)cc3C2(C)C)C(C)(C)c2cc(S(=O)(=O)[O-])ccc21. The first-order valence-electron chi connectivity index (χ1n) is 33.3. The van der Waals surface area contributed by atoms with E-state index in [1.165, 1.54) is 48.6 Å². The smallest absolute Gasteiger partial charge is 0.303 e. The number of carboxylic acids is 1. The van der Waals surface area contributed by atoms with Gasteiger partial charge in [-0.2, -0.15) is 4.58 Å². The summed E-state index contributed by atoms with van der Waals surface area (Å²) >= 11 is 0. The molecule has 0 radical (unpaired) electrons. The van der Waals surface area contributed by atoms with Crippen LogP contribution in [0.1, 0.15) is 117 Å². The van der Waals surface area contributed by atoms with Gasteiger partial charge in [-0.25, -0.2) is 8.42 Å². The lowest BCUT2D eigenvalue weighted by molar-refractivity contribution is -0.894. The van der Waals surface area contributed by atoms with Gasteiger partial charge in [0.25, 0.3) is 0 Å². The number of carbonyl (C=O) groups is 2. The van der Waals surface area contributed by atoms with E-state index >= 15 is 0 Å². The van der Waals surface area contributed by atoms with E-state index in [9.17, 15) is 22.6 Å². The van der Waals surface area contributed by atoms with Crippen LogP contribution in [0.15, 0.2) is 77.4 Å². The van der Waals surface area contributed by atoms with Gasteiger partial charge in [-0.05, 0) is 97.1 Å². The normalized spacial score (nSPS) is 14.7. The molecule has 0 aromatic heterocycles. The number of fused-ring (bicyclic) bond motifs is 2. The number of unbranched alkanes of at least 4 members (excludes halogenated alkanes) is 4. The third-order valence-corrected chi connectivity index (χ3v) is 16.5. The summed E-state index contributed by atoms with van der Waals surface area (Å²) in [6.45, 7) is 33.9. The standard InChI is InChI=1S/C63H99N3O18S.C6H15N/c1-52-20-22-56-54(50-52)62(2,3)58(65(56)26-15-9-13-19-61(68)69)16-10-7-11-17-59-63(4,5)55-51-53(85(70,71)72)21-23-57(55)66(59)25-14-8-12-18-60(67)64-24-27-74-30-31-76-34-35-78-38-39-80-42-43-82-46-47-84-49-48-83-45-44-81-41-40-79-37-36-77-33-32-75-29-28-73-6;1-4-7(5-2)6-3/h7,10-11,16-17,20-23,50-51H,8-9,12-15,18-19,24-49H2,1-6H3,(H2-,64,67,68,69,70,71,72);4-6H2,1-3H3/p+1. The molecule has 2 heterocycles. The predicted octanol–water partition coefficient (Wildman–Crippen LogP) is 7.15. The number of aryl methyl sites for hydroxylation is 1. The van der Waals surface area contributed by atoms with E-state index in [2.05, 4.69) is 86.7 Å². The molecule has 3 N–H and O–H groups in total. The highest BCUT2D eigenvalue weighted by molar-refractivity contribution is 7.85. The molecule has 1 amide bonds. The Labute approximate surface area is 550 Å². The quantitative estimate of drug-likeness (QED) is 0.0258.